The average Bonchev–Trinajstić information content (AvgIpc) is 2.28. The zero-order valence-corrected chi connectivity index (χ0v) is 9.17. The van der Waals surface area contributed by atoms with Crippen LogP contribution in [-0.4, -0.2) is 52.7 Å². The van der Waals surface area contributed by atoms with Crippen LogP contribution >= 0.6 is 0 Å². The largest absolute Gasteiger partial charge is 0.386 e. The first-order valence-electron chi connectivity index (χ1n) is 5.64. The third kappa shape index (κ3) is 2.58. The summed E-state index contributed by atoms with van der Waals surface area (Å²) in [5, 5.41) is 19.2. The molecule has 2 atom stereocenters. The van der Waals surface area contributed by atoms with Crippen LogP contribution in [0.25, 0.3) is 0 Å². The van der Waals surface area contributed by atoms with Gasteiger partial charge in [0.2, 0.25) is 0 Å². The molecule has 0 radical (unpaired) electrons. The SMILES string of the molecule is O=C1CCN(CC2=CC=C[C@@H](O)[C@H]2O)CC1. The van der Waals surface area contributed by atoms with E-state index in [4.69, 9.17) is 0 Å². The molecule has 1 heterocycles. The maximum Gasteiger partial charge on any atom is 0.135 e. The lowest BCUT2D eigenvalue weighted by atomic mass is 9.98. The summed E-state index contributed by atoms with van der Waals surface area (Å²) < 4.78 is 0. The van der Waals surface area contributed by atoms with Crippen LogP contribution in [0.2, 0.25) is 0 Å². The van der Waals surface area contributed by atoms with Crippen LogP contribution in [0.15, 0.2) is 23.8 Å². The molecular formula is C12H17NO3. The summed E-state index contributed by atoms with van der Waals surface area (Å²) in [5.41, 5.74) is 0.823. The predicted molar refractivity (Wildman–Crippen MR) is 59.9 cm³/mol. The van der Waals surface area contributed by atoms with Crippen LogP contribution in [-0.2, 0) is 4.79 Å². The van der Waals surface area contributed by atoms with E-state index in [1.165, 1.54) is 0 Å². The zero-order valence-electron chi connectivity index (χ0n) is 9.17. The normalized spacial score (nSPS) is 31.6. The number of likely N-dealkylation sites (tertiary alicyclic amines) is 1. The molecule has 2 rings (SSSR count). The van der Waals surface area contributed by atoms with Gasteiger partial charge < -0.3 is 10.2 Å². The molecule has 16 heavy (non-hydrogen) atoms. The number of hydrogen-bond acceptors (Lipinski definition) is 4. The van der Waals surface area contributed by atoms with E-state index in [1.807, 2.05) is 6.08 Å². The second kappa shape index (κ2) is 4.91. The Labute approximate surface area is 94.9 Å². The average molecular weight is 223 g/mol. The van der Waals surface area contributed by atoms with Crippen molar-refractivity contribution in [1.82, 2.24) is 4.90 Å². The molecule has 4 nitrogen and oxygen atoms in total. The molecule has 2 aliphatic rings. The van der Waals surface area contributed by atoms with E-state index in [-0.39, 0.29) is 0 Å². The Kier molecular flexibility index (Phi) is 3.53. The van der Waals surface area contributed by atoms with Gasteiger partial charge in [0.15, 0.2) is 0 Å². The topological polar surface area (TPSA) is 60.8 Å². The molecule has 1 saturated heterocycles. The summed E-state index contributed by atoms with van der Waals surface area (Å²) in [7, 11) is 0. The Hall–Kier alpha value is -0.970. The van der Waals surface area contributed by atoms with Crippen molar-refractivity contribution in [3.05, 3.63) is 23.8 Å². The highest BCUT2D eigenvalue weighted by Crippen LogP contribution is 2.17. The molecule has 4 heteroatoms. The second-order valence-electron chi connectivity index (χ2n) is 4.38. The molecule has 0 spiro atoms. The minimum absolute atomic E-state index is 0.314. The van der Waals surface area contributed by atoms with Crippen LogP contribution in [0.1, 0.15) is 12.8 Å². The maximum absolute atomic E-state index is 11.1. The number of allylic oxidation sites excluding steroid dienone is 2. The van der Waals surface area contributed by atoms with Gasteiger partial charge in [-0.25, -0.2) is 0 Å². The molecule has 1 aliphatic carbocycles. The minimum atomic E-state index is -0.803. The highest BCUT2D eigenvalue weighted by molar-refractivity contribution is 5.79. The van der Waals surface area contributed by atoms with Gasteiger partial charge in [-0.2, -0.15) is 0 Å². The highest BCUT2D eigenvalue weighted by atomic mass is 16.3. The fourth-order valence-corrected chi connectivity index (χ4v) is 2.08. The summed E-state index contributed by atoms with van der Waals surface area (Å²) in [6.45, 7) is 2.14. The Balaban J connectivity index is 1.92. The molecule has 0 amide bonds. The van der Waals surface area contributed by atoms with E-state index in [0.717, 1.165) is 18.7 Å². The number of aliphatic hydroxyl groups is 2. The van der Waals surface area contributed by atoms with Crippen molar-refractivity contribution in [3.63, 3.8) is 0 Å². The number of aliphatic hydroxyl groups excluding tert-OH is 2. The van der Waals surface area contributed by atoms with Crippen LogP contribution in [0.5, 0.6) is 0 Å². The van der Waals surface area contributed by atoms with Gasteiger partial charge in [0.05, 0.1) is 0 Å². The fraction of sp³-hybridized carbons (Fsp3) is 0.583. The lowest BCUT2D eigenvalue weighted by Crippen LogP contribution is -2.39. The van der Waals surface area contributed by atoms with Crippen molar-refractivity contribution < 1.29 is 15.0 Å². The quantitative estimate of drug-likeness (QED) is 0.684. The second-order valence-corrected chi connectivity index (χ2v) is 4.38. The molecule has 0 aromatic heterocycles. The highest BCUT2D eigenvalue weighted by Gasteiger charge is 2.24. The van der Waals surface area contributed by atoms with E-state index < -0.39 is 12.2 Å². The van der Waals surface area contributed by atoms with Gasteiger partial charge in [0.1, 0.15) is 18.0 Å². The molecular weight excluding hydrogens is 206 g/mol. The Morgan fingerprint density at radius 2 is 2.00 bits per heavy atom. The fourth-order valence-electron chi connectivity index (χ4n) is 2.08. The first-order valence-corrected chi connectivity index (χ1v) is 5.64. The molecule has 88 valence electrons. The van der Waals surface area contributed by atoms with E-state index in [9.17, 15) is 15.0 Å². The van der Waals surface area contributed by atoms with Gasteiger partial charge in [-0.3, -0.25) is 9.69 Å². The monoisotopic (exact) mass is 223 g/mol. The van der Waals surface area contributed by atoms with Gasteiger partial charge in [0, 0.05) is 32.5 Å². The van der Waals surface area contributed by atoms with Gasteiger partial charge in [0.25, 0.3) is 0 Å². The van der Waals surface area contributed by atoms with Gasteiger partial charge in [-0.15, -0.1) is 0 Å². The number of piperidine rings is 1. The summed E-state index contributed by atoms with van der Waals surface area (Å²) in [6.07, 6.45) is 4.78. The van der Waals surface area contributed by atoms with Crippen LogP contribution in [0.4, 0.5) is 0 Å². The Morgan fingerprint density at radius 3 is 2.69 bits per heavy atom. The van der Waals surface area contributed by atoms with E-state index >= 15 is 0 Å². The predicted octanol–water partition coefficient (Wildman–Crippen LogP) is -0.131. The summed E-state index contributed by atoms with van der Waals surface area (Å²) >= 11 is 0. The van der Waals surface area contributed by atoms with Crippen molar-refractivity contribution >= 4 is 5.78 Å². The number of carbonyl (C=O) groups is 1. The lowest BCUT2D eigenvalue weighted by molar-refractivity contribution is -0.121. The molecule has 1 aliphatic heterocycles. The Bertz CT molecular complexity index is 325. The Morgan fingerprint density at radius 1 is 1.31 bits per heavy atom. The third-order valence-electron chi connectivity index (χ3n) is 3.14. The molecule has 0 aromatic carbocycles. The molecule has 1 fully saturated rings. The summed E-state index contributed by atoms with van der Waals surface area (Å²) in [4.78, 5) is 13.2. The zero-order chi connectivity index (χ0) is 11.5. The summed E-state index contributed by atoms with van der Waals surface area (Å²) in [5.74, 6) is 0.314. The van der Waals surface area contributed by atoms with Gasteiger partial charge >= 0.3 is 0 Å². The molecule has 0 aromatic rings. The summed E-state index contributed by atoms with van der Waals surface area (Å²) in [6, 6.07) is 0. The van der Waals surface area contributed by atoms with Crippen molar-refractivity contribution in [3.8, 4) is 0 Å². The number of carbonyl (C=O) groups excluding carboxylic acids is 1. The third-order valence-corrected chi connectivity index (χ3v) is 3.14. The minimum Gasteiger partial charge on any atom is -0.386 e. The lowest BCUT2D eigenvalue weighted by Gasteiger charge is -2.30. The molecule has 2 N–H and O–H groups in total. The number of Topliss-reactive ketones (excluding diaryl/α,β-unsaturated/α-hetero) is 1. The van der Waals surface area contributed by atoms with Gasteiger partial charge in [-0.1, -0.05) is 18.2 Å². The van der Waals surface area contributed by atoms with Crippen LogP contribution in [0, 0.1) is 0 Å². The number of rotatable bonds is 2. The van der Waals surface area contributed by atoms with E-state index in [2.05, 4.69) is 4.90 Å². The van der Waals surface area contributed by atoms with Crippen molar-refractivity contribution in [2.24, 2.45) is 0 Å². The molecule has 0 bridgehead atoms. The first-order chi connectivity index (χ1) is 7.66. The standard InChI is InChI=1S/C12H17NO3/c14-10-4-6-13(7-5-10)8-9-2-1-3-11(15)12(9)16/h1-3,11-12,15-16H,4-8H2/t11-,12+/m1/s1. The smallest absolute Gasteiger partial charge is 0.135 e. The van der Waals surface area contributed by atoms with Gasteiger partial charge in [-0.05, 0) is 5.57 Å². The van der Waals surface area contributed by atoms with Crippen molar-refractivity contribution in [2.75, 3.05) is 19.6 Å². The molecule has 0 unspecified atom stereocenters. The van der Waals surface area contributed by atoms with Crippen LogP contribution < -0.4 is 0 Å². The number of ketones is 1. The van der Waals surface area contributed by atoms with E-state index in [0.29, 0.717) is 25.2 Å². The number of hydrogen-bond donors (Lipinski definition) is 2. The van der Waals surface area contributed by atoms with E-state index in [1.54, 1.807) is 12.2 Å². The number of nitrogens with zero attached hydrogens (tertiary/aromatic N) is 1. The molecule has 0 saturated carbocycles. The van der Waals surface area contributed by atoms with Crippen molar-refractivity contribution in [2.45, 2.75) is 25.0 Å². The van der Waals surface area contributed by atoms with Crippen molar-refractivity contribution in [1.29, 1.82) is 0 Å². The maximum atomic E-state index is 11.1. The first kappa shape index (κ1) is 11.5. The van der Waals surface area contributed by atoms with Crippen LogP contribution in [0.3, 0.4) is 0 Å².